The predicted molar refractivity (Wildman–Crippen MR) is 123 cm³/mol. The minimum atomic E-state index is -1.44. The lowest BCUT2D eigenvalue weighted by Crippen LogP contribution is -2.66. The number of urea groups is 1. The summed E-state index contributed by atoms with van der Waals surface area (Å²) in [6, 6.07) is 5.80. The summed E-state index contributed by atoms with van der Waals surface area (Å²) in [5.74, 6) is -3.03. The zero-order valence-electron chi connectivity index (χ0n) is 19.9. The number of halogens is 1. The van der Waals surface area contributed by atoms with Crippen molar-refractivity contribution in [1.29, 1.82) is 0 Å². The molecule has 14 heteroatoms. The molecule has 1 saturated heterocycles. The Hall–Kier alpha value is -3.71. The van der Waals surface area contributed by atoms with E-state index in [0.29, 0.717) is 10.6 Å². The lowest BCUT2D eigenvalue weighted by Gasteiger charge is -2.44. The molecule has 13 nitrogen and oxygen atoms in total. The summed E-state index contributed by atoms with van der Waals surface area (Å²) in [5.41, 5.74) is 2.82. The normalized spacial score (nSPS) is 23.3. The van der Waals surface area contributed by atoms with Crippen molar-refractivity contribution in [3.63, 3.8) is 0 Å². The van der Waals surface area contributed by atoms with Crippen molar-refractivity contribution in [2.24, 2.45) is 5.10 Å². The van der Waals surface area contributed by atoms with Crippen LogP contribution in [0.4, 0.5) is 4.79 Å². The first-order chi connectivity index (χ1) is 17.0. The van der Waals surface area contributed by atoms with Gasteiger partial charge in [0, 0.05) is 32.7 Å². The van der Waals surface area contributed by atoms with Gasteiger partial charge in [0.05, 0.1) is 6.21 Å². The second kappa shape index (κ2) is 13.4. The fourth-order valence-electron chi connectivity index (χ4n) is 3.26. The van der Waals surface area contributed by atoms with E-state index in [9.17, 15) is 24.0 Å². The number of nitrogens with one attached hydrogen (secondary N) is 2. The number of benzene rings is 1. The Morgan fingerprint density at radius 1 is 0.944 bits per heavy atom. The molecule has 0 radical (unpaired) electrons. The first kappa shape index (κ1) is 28.5. The first-order valence-corrected chi connectivity index (χ1v) is 11.0. The molecule has 36 heavy (non-hydrogen) atoms. The quantitative estimate of drug-likeness (QED) is 0.216. The average molecular weight is 528 g/mol. The molecule has 0 unspecified atom stereocenters. The highest BCUT2D eigenvalue weighted by molar-refractivity contribution is 6.30. The summed E-state index contributed by atoms with van der Waals surface area (Å²) in [6.45, 7) is 4.00. The molecule has 1 fully saturated rings. The van der Waals surface area contributed by atoms with Gasteiger partial charge in [0.1, 0.15) is 12.7 Å². The number of hydrogen-bond donors (Lipinski definition) is 2. The number of ether oxygens (including phenoxy) is 5. The molecule has 0 spiro atoms. The molecule has 196 valence electrons. The van der Waals surface area contributed by atoms with Gasteiger partial charge in [-0.3, -0.25) is 19.2 Å². The Morgan fingerprint density at radius 2 is 1.56 bits per heavy atom. The minimum Gasteiger partial charge on any atom is -0.463 e. The maximum Gasteiger partial charge on any atom is 0.337 e. The lowest BCUT2D eigenvalue weighted by atomic mass is 9.97. The van der Waals surface area contributed by atoms with Gasteiger partial charge in [0.2, 0.25) is 0 Å². The molecule has 0 saturated carbocycles. The van der Waals surface area contributed by atoms with Crippen LogP contribution in [0.1, 0.15) is 33.3 Å². The average Bonchev–Trinajstić information content (AvgIpc) is 2.75. The fourth-order valence-corrected chi connectivity index (χ4v) is 3.46. The van der Waals surface area contributed by atoms with Gasteiger partial charge in [-0.15, -0.1) is 0 Å². The van der Waals surface area contributed by atoms with Crippen LogP contribution in [0.15, 0.2) is 29.4 Å². The highest BCUT2D eigenvalue weighted by Gasteiger charge is 2.52. The summed E-state index contributed by atoms with van der Waals surface area (Å²) >= 11 is 5.91. The first-order valence-electron chi connectivity index (χ1n) is 10.6. The van der Waals surface area contributed by atoms with Gasteiger partial charge in [-0.1, -0.05) is 23.7 Å². The van der Waals surface area contributed by atoms with E-state index in [2.05, 4.69) is 15.8 Å². The molecule has 0 aliphatic carbocycles. The number of carbonyl (C=O) groups is 5. The Kier molecular flexibility index (Phi) is 10.6. The molecule has 0 bridgehead atoms. The molecule has 1 heterocycles. The Morgan fingerprint density at radius 3 is 2.14 bits per heavy atom. The second-order valence-corrected chi connectivity index (χ2v) is 7.95. The highest BCUT2D eigenvalue weighted by Crippen LogP contribution is 2.28. The van der Waals surface area contributed by atoms with Gasteiger partial charge in [0.25, 0.3) is 0 Å². The highest BCUT2D eigenvalue weighted by atomic mass is 35.5. The third kappa shape index (κ3) is 9.15. The Bertz CT molecular complexity index is 1020. The van der Waals surface area contributed by atoms with E-state index in [1.54, 1.807) is 24.3 Å². The van der Waals surface area contributed by atoms with Gasteiger partial charge in [0.15, 0.2) is 24.5 Å². The molecule has 2 N–H and O–H groups in total. The maximum atomic E-state index is 12.5. The van der Waals surface area contributed by atoms with E-state index in [4.69, 9.17) is 35.3 Å². The topological polar surface area (TPSA) is 168 Å². The molecular formula is C22H26ClN3O10. The zero-order chi connectivity index (χ0) is 26.8. The third-order valence-corrected chi connectivity index (χ3v) is 4.73. The Balaban J connectivity index is 2.28. The van der Waals surface area contributed by atoms with Crippen LogP contribution in [0.2, 0.25) is 5.02 Å². The van der Waals surface area contributed by atoms with Crippen molar-refractivity contribution < 1.29 is 47.7 Å². The van der Waals surface area contributed by atoms with E-state index in [0.717, 1.165) is 27.7 Å². The van der Waals surface area contributed by atoms with E-state index in [-0.39, 0.29) is 0 Å². The molecule has 2 rings (SSSR count). The molecule has 5 atom stereocenters. The number of rotatable bonds is 8. The van der Waals surface area contributed by atoms with Crippen LogP contribution in [0.25, 0.3) is 0 Å². The van der Waals surface area contributed by atoms with Crippen molar-refractivity contribution in [3.05, 3.63) is 34.9 Å². The third-order valence-electron chi connectivity index (χ3n) is 4.49. The number of hydrogen-bond acceptors (Lipinski definition) is 11. The smallest absolute Gasteiger partial charge is 0.337 e. The monoisotopic (exact) mass is 527 g/mol. The SMILES string of the molecule is CC(=O)OC[C@H]1O[C@@H](NC(=O)N/N=C/c2cccc(Cl)c2)[C@H](OC(C)=O)[C@@H](OC(C)=O)[C@@H]1OC(C)=O. The summed E-state index contributed by atoms with van der Waals surface area (Å²) in [4.78, 5) is 59.2. The summed E-state index contributed by atoms with van der Waals surface area (Å²) < 4.78 is 26.5. The molecule has 1 aliphatic rings. The van der Waals surface area contributed by atoms with Gasteiger partial charge in [-0.2, -0.15) is 5.10 Å². The van der Waals surface area contributed by atoms with Gasteiger partial charge < -0.3 is 29.0 Å². The van der Waals surface area contributed by atoms with E-state index < -0.39 is 67.2 Å². The van der Waals surface area contributed by atoms with Crippen molar-refractivity contribution in [3.8, 4) is 0 Å². The van der Waals surface area contributed by atoms with Crippen LogP contribution in [-0.4, -0.2) is 73.4 Å². The summed E-state index contributed by atoms with van der Waals surface area (Å²) in [7, 11) is 0. The predicted octanol–water partition coefficient (Wildman–Crippen LogP) is 1.06. The molecule has 0 aromatic heterocycles. The van der Waals surface area contributed by atoms with E-state index >= 15 is 0 Å². The molecule has 1 aromatic rings. The summed E-state index contributed by atoms with van der Waals surface area (Å²) in [6.07, 6.45) is -5.48. The molecular weight excluding hydrogens is 502 g/mol. The maximum absolute atomic E-state index is 12.5. The number of nitrogens with zero attached hydrogens (tertiary/aromatic N) is 1. The van der Waals surface area contributed by atoms with Crippen LogP contribution in [0.3, 0.4) is 0 Å². The largest absolute Gasteiger partial charge is 0.463 e. The number of hydrazone groups is 1. The zero-order valence-corrected chi connectivity index (χ0v) is 20.6. The minimum absolute atomic E-state index is 0.426. The standard InChI is InChI=1S/C22H26ClN3O10/c1-11(27)32-10-17-18(33-12(2)28)19(34-13(3)29)20(35-14(4)30)21(36-17)25-22(31)26-24-9-15-6-5-7-16(23)8-15/h5-9,17-21H,10H2,1-4H3,(H2,25,26,31)/b24-9+/t17-,18-,19+,20-,21-/m1/s1. The van der Waals surface area contributed by atoms with Crippen molar-refractivity contribution in [2.45, 2.75) is 58.3 Å². The summed E-state index contributed by atoms with van der Waals surface area (Å²) in [5, 5.41) is 6.68. The van der Waals surface area contributed by atoms with Crippen LogP contribution in [0, 0.1) is 0 Å². The molecule has 1 aliphatic heterocycles. The Labute approximate surface area is 211 Å². The van der Waals surface area contributed by atoms with Gasteiger partial charge in [-0.25, -0.2) is 10.2 Å². The molecule has 1 aromatic carbocycles. The van der Waals surface area contributed by atoms with E-state index in [1.807, 2.05) is 0 Å². The van der Waals surface area contributed by atoms with E-state index in [1.165, 1.54) is 6.21 Å². The number of carbonyl (C=O) groups excluding carboxylic acids is 5. The van der Waals surface area contributed by atoms with Gasteiger partial charge in [-0.05, 0) is 17.7 Å². The van der Waals surface area contributed by atoms with Crippen LogP contribution in [-0.2, 0) is 42.9 Å². The lowest BCUT2D eigenvalue weighted by molar-refractivity contribution is -0.255. The van der Waals surface area contributed by atoms with Crippen LogP contribution >= 0.6 is 11.6 Å². The second-order valence-electron chi connectivity index (χ2n) is 7.52. The van der Waals surface area contributed by atoms with Gasteiger partial charge >= 0.3 is 29.9 Å². The van der Waals surface area contributed by atoms with Crippen LogP contribution < -0.4 is 10.7 Å². The van der Waals surface area contributed by atoms with Crippen molar-refractivity contribution >= 4 is 47.7 Å². The molecule has 2 amide bonds. The van der Waals surface area contributed by atoms with Crippen molar-refractivity contribution in [1.82, 2.24) is 10.7 Å². The van der Waals surface area contributed by atoms with Crippen molar-refractivity contribution in [2.75, 3.05) is 6.61 Å². The number of esters is 4. The van der Waals surface area contributed by atoms with Crippen LogP contribution in [0.5, 0.6) is 0 Å². The number of amides is 2. The fraction of sp³-hybridized carbons (Fsp3) is 0.455.